The van der Waals surface area contributed by atoms with E-state index in [4.69, 9.17) is 15.2 Å². The molecule has 0 aliphatic heterocycles. The molecule has 1 aromatic heterocycles. The summed E-state index contributed by atoms with van der Waals surface area (Å²) >= 11 is 0. The van der Waals surface area contributed by atoms with E-state index in [9.17, 15) is 10.1 Å². The van der Waals surface area contributed by atoms with Gasteiger partial charge in [0.25, 0.3) is 0 Å². The van der Waals surface area contributed by atoms with Crippen molar-refractivity contribution in [2.45, 2.75) is 6.92 Å². The number of nitrogen functional groups attached to an aromatic ring is 1. The number of hydrogen-bond donors (Lipinski definition) is 1. The summed E-state index contributed by atoms with van der Waals surface area (Å²) in [6, 6.07) is 14.6. The van der Waals surface area contributed by atoms with Gasteiger partial charge in [-0.15, -0.1) is 0 Å². The van der Waals surface area contributed by atoms with E-state index in [1.54, 1.807) is 31.3 Å². The number of hydrogen-bond acceptors (Lipinski definition) is 8. The fourth-order valence-electron chi connectivity index (χ4n) is 2.78. The molecule has 0 fully saturated rings. The molecule has 9 heteroatoms. The molecule has 2 N–H and O–H groups in total. The molecule has 9 nitrogen and oxygen atoms in total. The van der Waals surface area contributed by atoms with Crippen LogP contribution < -0.4 is 20.1 Å². The summed E-state index contributed by atoms with van der Waals surface area (Å²) in [7, 11) is 3.14. The SMILES string of the molecule is COc1cccc(N(c2cccc(OC)c2)c2nc(C)c([N+](=O)[O-])c(N)n2)c1. The van der Waals surface area contributed by atoms with Crippen LogP contribution in [-0.2, 0) is 0 Å². The summed E-state index contributed by atoms with van der Waals surface area (Å²) < 4.78 is 10.6. The van der Waals surface area contributed by atoms with Crippen molar-refractivity contribution in [3.05, 3.63) is 64.3 Å². The summed E-state index contributed by atoms with van der Waals surface area (Å²) in [6.07, 6.45) is 0. The van der Waals surface area contributed by atoms with E-state index in [1.807, 2.05) is 36.4 Å². The highest BCUT2D eigenvalue weighted by Gasteiger charge is 2.24. The van der Waals surface area contributed by atoms with Gasteiger partial charge in [0.2, 0.25) is 11.8 Å². The smallest absolute Gasteiger partial charge is 0.332 e. The van der Waals surface area contributed by atoms with Crippen molar-refractivity contribution in [3.63, 3.8) is 0 Å². The van der Waals surface area contributed by atoms with Gasteiger partial charge in [0.15, 0.2) is 0 Å². The van der Waals surface area contributed by atoms with Crippen molar-refractivity contribution in [2.24, 2.45) is 0 Å². The van der Waals surface area contributed by atoms with Crippen LogP contribution in [0.15, 0.2) is 48.5 Å². The van der Waals surface area contributed by atoms with Gasteiger partial charge in [0, 0.05) is 12.1 Å². The molecule has 0 saturated carbocycles. The maximum absolute atomic E-state index is 11.2. The second-order valence-corrected chi connectivity index (χ2v) is 5.84. The van der Waals surface area contributed by atoms with E-state index in [-0.39, 0.29) is 23.1 Å². The third-order valence-corrected chi connectivity index (χ3v) is 4.08. The van der Waals surface area contributed by atoms with Gasteiger partial charge in [-0.1, -0.05) is 12.1 Å². The quantitative estimate of drug-likeness (QED) is 0.507. The second kappa shape index (κ2) is 7.78. The minimum atomic E-state index is -0.587. The molecule has 0 bridgehead atoms. The van der Waals surface area contributed by atoms with Crippen molar-refractivity contribution in [1.82, 2.24) is 9.97 Å². The highest BCUT2D eigenvalue weighted by atomic mass is 16.6. The van der Waals surface area contributed by atoms with Crippen LogP contribution in [0.25, 0.3) is 0 Å². The van der Waals surface area contributed by atoms with Crippen LogP contribution in [0.5, 0.6) is 11.5 Å². The number of nitrogens with zero attached hydrogens (tertiary/aromatic N) is 4. The Morgan fingerprint density at radius 3 is 1.96 bits per heavy atom. The van der Waals surface area contributed by atoms with Gasteiger partial charge < -0.3 is 15.2 Å². The zero-order valence-corrected chi connectivity index (χ0v) is 15.6. The normalized spacial score (nSPS) is 10.4. The Labute approximate surface area is 161 Å². The van der Waals surface area contributed by atoms with Gasteiger partial charge in [-0.05, 0) is 31.2 Å². The molecule has 0 atom stereocenters. The van der Waals surface area contributed by atoms with E-state index >= 15 is 0 Å². The van der Waals surface area contributed by atoms with Crippen molar-refractivity contribution in [2.75, 3.05) is 24.9 Å². The topological polar surface area (TPSA) is 117 Å². The van der Waals surface area contributed by atoms with E-state index in [0.717, 1.165) is 0 Å². The van der Waals surface area contributed by atoms with Crippen LogP contribution in [0.1, 0.15) is 5.69 Å². The molecule has 0 aliphatic carbocycles. The van der Waals surface area contributed by atoms with Crippen molar-refractivity contribution >= 4 is 28.8 Å². The lowest BCUT2D eigenvalue weighted by atomic mass is 10.2. The zero-order chi connectivity index (χ0) is 20.3. The minimum Gasteiger partial charge on any atom is -0.497 e. The highest BCUT2D eigenvalue weighted by molar-refractivity contribution is 5.75. The Bertz CT molecular complexity index is 954. The monoisotopic (exact) mass is 381 g/mol. The standard InChI is InChI=1S/C19H19N5O4/c1-12-17(24(25)26)18(20)22-19(21-12)23(13-6-4-8-15(10-13)27-2)14-7-5-9-16(11-14)28-3/h4-11H,1-3H3,(H2,20,21,22). The number of anilines is 4. The first-order valence-electron chi connectivity index (χ1n) is 8.31. The minimum absolute atomic E-state index is 0.170. The van der Waals surface area contributed by atoms with Crippen molar-refractivity contribution < 1.29 is 14.4 Å². The van der Waals surface area contributed by atoms with Crippen LogP contribution in [0.3, 0.4) is 0 Å². The second-order valence-electron chi connectivity index (χ2n) is 5.84. The first-order valence-corrected chi connectivity index (χ1v) is 8.31. The van der Waals surface area contributed by atoms with Gasteiger partial charge in [-0.25, -0.2) is 4.98 Å². The van der Waals surface area contributed by atoms with Crippen LogP contribution >= 0.6 is 0 Å². The molecule has 0 amide bonds. The van der Waals surface area contributed by atoms with E-state index in [1.165, 1.54) is 6.92 Å². The number of rotatable bonds is 6. The predicted octanol–water partition coefficient (Wildman–Crippen LogP) is 3.76. The number of aromatic nitrogens is 2. The number of aryl methyl sites for hydroxylation is 1. The molecule has 0 radical (unpaired) electrons. The molecule has 0 saturated heterocycles. The first kappa shape index (κ1) is 18.9. The Morgan fingerprint density at radius 1 is 1.00 bits per heavy atom. The third-order valence-electron chi connectivity index (χ3n) is 4.08. The summed E-state index contributed by atoms with van der Waals surface area (Å²) in [6.45, 7) is 1.52. The fourth-order valence-corrected chi connectivity index (χ4v) is 2.78. The lowest BCUT2D eigenvalue weighted by molar-refractivity contribution is -0.385. The molecule has 1 heterocycles. The molecule has 3 aromatic rings. The average molecular weight is 381 g/mol. The third kappa shape index (κ3) is 3.63. The summed E-state index contributed by atoms with van der Waals surface area (Å²) in [4.78, 5) is 20.9. The summed E-state index contributed by atoms with van der Waals surface area (Å²) in [5, 5.41) is 11.2. The number of nitro groups is 1. The van der Waals surface area contributed by atoms with Crippen molar-refractivity contribution in [1.29, 1.82) is 0 Å². The number of nitrogens with two attached hydrogens (primary N) is 1. The molecular weight excluding hydrogens is 362 g/mol. The van der Waals surface area contributed by atoms with Crippen LogP contribution in [-0.4, -0.2) is 29.1 Å². The Kier molecular flexibility index (Phi) is 5.25. The van der Waals surface area contributed by atoms with Crippen LogP contribution in [0.4, 0.5) is 28.8 Å². The van der Waals surface area contributed by atoms with E-state index in [0.29, 0.717) is 22.9 Å². The lowest BCUT2D eigenvalue weighted by Gasteiger charge is -2.24. The predicted molar refractivity (Wildman–Crippen MR) is 106 cm³/mol. The molecule has 0 unspecified atom stereocenters. The van der Waals surface area contributed by atoms with E-state index in [2.05, 4.69) is 9.97 Å². The van der Waals surface area contributed by atoms with E-state index < -0.39 is 4.92 Å². The number of benzene rings is 2. The van der Waals surface area contributed by atoms with Gasteiger partial charge >= 0.3 is 5.69 Å². The lowest BCUT2D eigenvalue weighted by Crippen LogP contribution is -2.16. The summed E-state index contributed by atoms with van der Waals surface area (Å²) in [5.74, 6) is 1.26. The molecule has 3 rings (SSSR count). The van der Waals surface area contributed by atoms with Gasteiger partial charge in [-0.3, -0.25) is 15.0 Å². The molecule has 144 valence electrons. The molecule has 2 aromatic carbocycles. The van der Waals surface area contributed by atoms with Gasteiger partial charge in [-0.2, -0.15) is 4.98 Å². The zero-order valence-electron chi connectivity index (χ0n) is 15.6. The van der Waals surface area contributed by atoms with Gasteiger partial charge in [0.05, 0.1) is 30.5 Å². The molecule has 0 spiro atoms. The Hall–Kier alpha value is -3.88. The van der Waals surface area contributed by atoms with Crippen LogP contribution in [0.2, 0.25) is 0 Å². The number of ether oxygens (including phenoxy) is 2. The molecule has 28 heavy (non-hydrogen) atoms. The average Bonchev–Trinajstić information content (AvgIpc) is 2.67. The first-order chi connectivity index (χ1) is 13.4. The highest BCUT2D eigenvalue weighted by Crippen LogP contribution is 2.37. The molecule has 0 aliphatic rings. The van der Waals surface area contributed by atoms with Crippen molar-refractivity contribution in [3.8, 4) is 11.5 Å². The Morgan fingerprint density at radius 2 is 1.54 bits per heavy atom. The summed E-state index contributed by atoms with van der Waals surface area (Å²) in [5.41, 5.74) is 7.11. The van der Waals surface area contributed by atoms with Crippen LogP contribution in [0, 0.1) is 17.0 Å². The Balaban J connectivity index is 2.23. The maximum Gasteiger partial charge on any atom is 0.332 e. The fraction of sp³-hybridized carbons (Fsp3) is 0.158. The van der Waals surface area contributed by atoms with Gasteiger partial charge in [0.1, 0.15) is 17.2 Å². The maximum atomic E-state index is 11.2. The largest absolute Gasteiger partial charge is 0.497 e. The molecular formula is C19H19N5O4. The number of methoxy groups -OCH3 is 2.